The molecule has 0 aromatic heterocycles. The molecule has 3 N–H and O–H groups in total. The molecule has 1 unspecified atom stereocenters. The summed E-state index contributed by atoms with van der Waals surface area (Å²) < 4.78 is 5.55. The van der Waals surface area contributed by atoms with Crippen LogP contribution in [0.2, 0.25) is 5.02 Å². The van der Waals surface area contributed by atoms with Gasteiger partial charge in [0.15, 0.2) is 6.10 Å². The second kappa shape index (κ2) is 8.02. The first-order chi connectivity index (χ1) is 9.08. The monoisotopic (exact) mass is 284 g/mol. The lowest BCUT2D eigenvalue weighted by atomic mass is 10.2. The van der Waals surface area contributed by atoms with Crippen LogP contribution in [0.1, 0.15) is 32.3 Å². The predicted octanol–water partition coefficient (Wildman–Crippen LogP) is 2.48. The molecule has 0 fully saturated rings. The highest BCUT2D eigenvalue weighted by atomic mass is 35.5. The standard InChI is InChI=1S/C14H21ClN2O2/c1-3-4-7-17-14(18)10(2)19-13-6-5-11(9-16)8-12(13)15/h5-6,8,10H,3-4,7,9,16H2,1-2H3,(H,17,18). The molecule has 0 radical (unpaired) electrons. The zero-order valence-corrected chi connectivity index (χ0v) is 12.2. The van der Waals surface area contributed by atoms with Gasteiger partial charge in [-0.25, -0.2) is 0 Å². The Kier molecular flexibility index (Phi) is 6.67. The van der Waals surface area contributed by atoms with E-state index in [1.54, 1.807) is 19.1 Å². The molecular formula is C14H21ClN2O2. The number of carbonyl (C=O) groups is 1. The maximum atomic E-state index is 11.8. The average Bonchev–Trinajstić information content (AvgIpc) is 2.41. The Morgan fingerprint density at radius 1 is 1.53 bits per heavy atom. The first-order valence-electron chi connectivity index (χ1n) is 6.51. The van der Waals surface area contributed by atoms with E-state index in [0.717, 1.165) is 18.4 Å². The molecule has 0 bridgehead atoms. The summed E-state index contributed by atoms with van der Waals surface area (Å²) in [6.07, 6.45) is 1.44. The smallest absolute Gasteiger partial charge is 0.260 e. The van der Waals surface area contributed by atoms with E-state index >= 15 is 0 Å². The molecule has 0 saturated carbocycles. The Labute approximate surface area is 119 Å². The van der Waals surface area contributed by atoms with Gasteiger partial charge in [0, 0.05) is 13.1 Å². The largest absolute Gasteiger partial charge is 0.479 e. The van der Waals surface area contributed by atoms with Crippen LogP contribution in [0.3, 0.4) is 0 Å². The second-order valence-electron chi connectivity index (χ2n) is 4.37. The van der Waals surface area contributed by atoms with Gasteiger partial charge < -0.3 is 15.8 Å². The summed E-state index contributed by atoms with van der Waals surface area (Å²) in [5, 5.41) is 3.29. The molecule has 1 aromatic carbocycles. The quantitative estimate of drug-likeness (QED) is 0.756. The van der Waals surface area contributed by atoms with Gasteiger partial charge in [-0.1, -0.05) is 31.0 Å². The summed E-state index contributed by atoms with van der Waals surface area (Å²) in [6.45, 7) is 4.87. The maximum Gasteiger partial charge on any atom is 0.260 e. The van der Waals surface area contributed by atoms with E-state index in [1.807, 2.05) is 6.07 Å². The Bertz CT molecular complexity index is 424. The van der Waals surface area contributed by atoms with Crippen LogP contribution in [0.4, 0.5) is 0 Å². The zero-order valence-electron chi connectivity index (χ0n) is 11.4. The summed E-state index contributed by atoms with van der Waals surface area (Å²) in [6, 6.07) is 5.32. The Morgan fingerprint density at radius 3 is 2.84 bits per heavy atom. The van der Waals surface area contributed by atoms with Crippen molar-refractivity contribution in [2.75, 3.05) is 6.54 Å². The number of ether oxygens (including phenoxy) is 1. The van der Waals surface area contributed by atoms with Crippen molar-refractivity contribution in [1.82, 2.24) is 5.32 Å². The van der Waals surface area contributed by atoms with Crippen LogP contribution in [-0.2, 0) is 11.3 Å². The third-order valence-electron chi connectivity index (χ3n) is 2.73. The molecule has 1 aromatic rings. The van der Waals surface area contributed by atoms with Crippen LogP contribution < -0.4 is 15.8 Å². The number of nitrogens with one attached hydrogen (secondary N) is 1. The normalized spacial score (nSPS) is 12.0. The molecule has 1 rings (SSSR count). The van der Waals surface area contributed by atoms with Gasteiger partial charge in [0.1, 0.15) is 5.75 Å². The molecule has 0 aliphatic carbocycles. The van der Waals surface area contributed by atoms with Crippen molar-refractivity contribution in [2.45, 2.75) is 39.3 Å². The van der Waals surface area contributed by atoms with Crippen LogP contribution >= 0.6 is 11.6 Å². The summed E-state index contributed by atoms with van der Waals surface area (Å²) in [5.74, 6) is 0.365. The number of rotatable bonds is 7. The van der Waals surface area contributed by atoms with Crippen molar-refractivity contribution >= 4 is 17.5 Å². The van der Waals surface area contributed by atoms with E-state index in [9.17, 15) is 4.79 Å². The molecule has 1 amide bonds. The van der Waals surface area contributed by atoms with Gasteiger partial charge in [0.2, 0.25) is 0 Å². The number of amides is 1. The highest BCUT2D eigenvalue weighted by Gasteiger charge is 2.15. The molecule has 0 aliphatic heterocycles. The molecule has 0 spiro atoms. The van der Waals surface area contributed by atoms with E-state index < -0.39 is 6.10 Å². The minimum absolute atomic E-state index is 0.132. The first kappa shape index (κ1) is 15.8. The minimum Gasteiger partial charge on any atom is -0.479 e. The van der Waals surface area contributed by atoms with Crippen molar-refractivity contribution in [3.63, 3.8) is 0 Å². The third kappa shape index (κ3) is 5.09. The Hall–Kier alpha value is -1.26. The number of benzene rings is 1. The van der Waals surface area contributed by atoms with Gasteiger partial charge in [-0.2, -0.15) is 0 Å². The maximum absolute atomic E-state index is 11.8. The van der Waals surface area contributed by atoms with Crippen LogP contribution in [0.15, 0.2) is 18.2 Å². The molecule has 0 heterocycles. The van der Waals surface area contributed by atoms with Crippen molar-refractivity contribution in [3.05, 3.63) is 28.8 Å². The summed E-state index contributed by atoms with van der Waals surface area (Å²) in [7, 11) is 0. The average molecular weight is 285 g/mol. The van der Waals surface area contributed by atoms with Crippen LogP contribution in [0.5, 0.6) is 5.75 Å². The molecule has 0 saturated heterocycles. The van der Waals surface area contributed by atoms with E-state index in [2.05, 4.69) is 12.2 Å². The fourth-order valence-electron chi connectivity index (χ4n) is 1.54. The van der Waals surface area contributed by atoms with Gasteiger partial charge in [-0.15, -0.1) is 0 Å². The van der Waals surface area contributed by atoms with Gasteiger partial charge in [0.05, 0.1) is 5.02 Å². The van der Waals surface area contributed by atoms with E-state index in [4.69, 9.17) is 22.1 Å². The second-order valence-corrected chi connectivity index (χ2v) is 4.78. The van der Waals surface area contributed by atoms with E-state index in [0.29, 0.717) is 23.9 Å². The third-order valence-corrected chi connectivity index (χ3v) is 3.03. The first-order valence-corrected chi connectivity index (χ1v) is 6.89. The van der Waals surface area contributed by atoms with Crippen molar-refractivity contribution in [1.29, 1.82) is 0 Å². The SMILES string of the molecule is CCCCNC(=O)C(C)Oc1ccc(CN)cc1Cl. The fourth-order valence-corrected chi connectivity index (χ4v) is 1.79. The Balaban J connectivity index is 2.56. The number of nitrogens with two attached hydrogens (primary N) is 1. The summed E-state index contributed by atoms with van der Waals surface area (Å²) >= 11 is 6.07. The fraction of sp³-hybridized carbons (Fsp3) is 0.500. The van der Waals surface area contributed by atoms with Crippen molar-refractivity contribution in [3.8, 4) is 5.75 Å². The van der Waals surface area contributed by atoms with Crippen LogP contribution in [-0.4, -0.2) is 18.6 Å². The lowest BCUT2D eigenvalue weighted by Crippen LogP contribution is -2.36. The summed E-state index contributed by atoms with van der Waals surface area (Å²) in [4.78, 5) is 11.8. The van der Waals surface area contributed by atoms with E-state index in [1.165, 1.54) is 0 Å². The lowest BCUT2D eigenvalue weighted by Gasteiger charge is -2.16. The number of hydrogen-bond acceptors (Lipinski definition) is 3. The zero-order chi connectivity index (χ0) is 14.3. The molecule has 5 heteroatoms. The number of hydrogen-bond donors (Lipinski definition) is 2. The molecule has 1 atom stereocenters. The lowest BCUT2D eigenvalue weighted by molar-refractivity contribution is -0.127. The number of halogens is 1. The highest BCUT2D eigenvalue weighted by molar-refractivity contribution is 6.32. The topological polar surface area (TPSA) is 64.3 Å². The molecule has 0 aliphatic rings. The Morgan fingerprint density at radius 2 is 2.26 bits per heavy atom. The number of unbranched alkanes of at least 4 members (excludes halogenated alkanes) is 1. The van der Waals surface area contributed by atoms with Crippen molar-refractivity contribution in [2.24, 2.45) is 5.73 Å². The van der Waals surface area contributed by atoms with Crippen LogP contribution in [0, 0.1) is 0 Å². The molecule has 19 heavy (non-hydrogen) atoms. The minimum atomic E-state index is -0.571. The molecule has 106 valence electrons. The van der Waals surface area contributed by atoms with Gasteiger partial charge in [-0.05, 0) is 31.0 Å². The highest BCUT2D eigenvalue weighted by Crippen LogP contribution is 2.26. The molecule has 4 nitrogen and oxygen atoms in total. The van der Waals surface area contributed by atoms with Gasteiger partial charge in [0.25, 0.3) is 5.91 Å². The summed E-state index contributed by atoms with van der Waals surface area (Å²) in [5.41, 5.74) is 6.45. The van der Waals surface area contributed by atoms with Crippen molar-refractivity contribution < 1.29 is 9.53 Å². The van der Waals surface area contributed by atoms with Gasteiger partial charge in [-0.3, -0.25) is 4.79 Å². The van der Waals surface area contributed by atoms with E-state index in [-0.39, 0.29) is 5.91 Å². The number of carbonyl (C=O) groups excluding carboxylic acids is 1. The predicted molar refractivity (Wildman–Crippen MR) is 77.4 cm³/mol. The molecular weight excluding hydrogens is 264 g/mol. The van der Waals surface area contributed by atoms with Gasteiger partial charge >= 0.3 is 0 Å². The van der Waals surface area contributed by atoms with Crippen LogP contribution in [0.25, 0.3) is 0 Å².